The van der Waals surface area contributed by atoms with Crippen molar-refractivity contribution in [2.75, 3.05) is 18.1 Å². The standard InChI is InChI=1S/C18H19ClFNOS2/c1-13-2-6-16(7-3-13)24-9-8-21-18(22)12-23-11-14-4-5-15(19)10-17(14)20/h2-7,10H,8-9,11-12H2,1H3,(H,21,22). The predicted molar refractivity (Wildman–Crippen MR) is 102 cm³/mol. The highest BCUT2D eigenvalue weighted by Crippen LogP contribution is 2.19. The number of nitrogens with one attached hydrogen (secondary N) is 1. The third-order valence-corrected chi connectivity index (χ3v) is 5.45. The fraction of sp³-hybridized carbons (Fsp3) is 0.278. The van der Waals surface area contributed by atoms with Gasteiger partial charge >= 0.3 is 0 Å². The van der Waals surface area contributed by atoms with Gasteiger partial charge in [-0.2, -0.15) is 0 Å². The number of thioether (sulfide) groups is 2. The summed E-state index contributed by atoms with van der Waals surface area (Å²) < 4.78 is 13.6. The van der Waals surface area contributed by atoms with E-state index >= 15 is 0 Å². The van der Waals surface area contributed by atoms with Gasteiger partial charge in [-0.15, -0.1) is 23.5 Å². The number of aryl methyl sites for hydroxylation is 1. The van der Waals surface area contributed by atoms with E-state index in [0.29, 0.717) is 28.6 Å². The van der Waals surface area contributed by atoms with Gasteiger partial charge in [-0.05, 0) is 36.8 Å². The van der Waals surface area contributed by atoms with E-state index in [1.54, 1.807) is 23.9 Å². The third-order valence-electron chi connectivity index (χ3n) is 3.22. The topological polar surface area (TPSA) is 29.1 Å². The van der Waals surface area contributed by atoms with Crippen molar-refractivity contribution in [3.05, 3.63) is 64.4 Å². The van der Waals surface area contributed by atoms with E-state index < -0.39 is 0 Å². The van der Waals surface area contributed by atoms with E-state index in [-0.39, 0.29) is 11.7 Å². The zero-order chi connectivity index (χ0) is 17.4. The first-order valence-electron chi connectivity index (χ1n) is 7.52. The number of benzene rings is 2. The molecule has 0 aliphatic rings. The summed E-state index contributed by atoms with van der Waals surface area (Å²) in [7, 11) is 0. The van der Waals surface area contributed by atoms with Gasteiger partial charge in [0.25, 0.3) is 0 Å². The minimum Gasteiger partial charge on any atom is -0.355 e. The van der Waals surface area contributed by atoms with Crippen LogP contribution in [0.25, 0.3) is 0 Å². The molecule has 0 fully saturated rings. The molecule has 0 spiro atoms. The summed E-state index contributed by atoms with van der Waals surface area (Å²) in [6.45, 7) is 2.68. The van der Waals surface area contributed by atoms with Crippen LogP contribution < -0.4 is 5.32 Å². The number of amides is 1. The summed E-state index contributed by atoms with van der Waals surface area (Å²) in [6.07, 6.45) is 0. The van der Waals surface area contributed by atoms with Gasteiger partial charge in [0.1, 0.15) is 5.82 Å². The van der Waals surface area contributed by atoms with E-state index in [0.717, 1.165) is 5.75 Å². The number of hydrogen-bond acceptors (Lipinski definition) is 3. The second-order valence-electron chi connectivity index (χ2n) is 5.24. The molecule has 2 nitrogen and oxygen atoms in total. The van der Waals surface area contributed by atoms with Crippen LogP contribution in [0.5, 0.6) is 0 Å². The molecule has 0 aliphatic heterocycles. The van der Waals surface area contributed by atoms with Gasteiger partial charge in [0.05, 0.1) is 5.75 Å². The number of hydrogen-bond donors (Lipinski definition) is 1. The van der Waals surface area contributed by atoms with E-state index in [1.807, 2.05) is 0 Å². The van der Waals surface area contributed by atoms with Crippen molar-refractivity contribution in [3.63, 3.8) is 0 Å². The smallest absolute Gasteiger partial charge is 0.230 e. The molecule has 0 bridgehead atoms. The van der Waals surface area contributed by atoms with Crippen molar-refractivity contribution < 1.29 is 9.18 Å². The van der Waals surface area contributed by atoms with Gasteiger partial charge in [0.2, 0.25) is 5.91 Å². The molecule has 2 aromatic rings. The number of carbonyl (C=O) groups excluding carboxylic acids is 1. The van der Waals surface area contributed by atoms with Crippen molar-refractivity contribution in [3.8, 4) is 0 Å². The molecule has 24 heavy (non-hydrogen) atoms. The maximum Gasteiger partial charge on any atom is 0.230 e. The highest BCUT2D eigenvalue weighted by Gasteiger charge is 2.06. The molecule has 0 aromatic heterocycles. The van der Waals surface area contributed by atoms with Gasteiger partial charge in [-0.3, -0.25) is 4.79 Å². The van der Waals surface area contributed by atoms with Crippen LogP contribution in [0.15, 0.2) is 47.4 Å². The lowest BCUT2D eigenvalue weighted by Crippen LogP contribution is -2.27. The number of halogens is 2. The molecule has 0 unspecified atom stereocenters. The zero-order valence-electron chi connectivity index (χ0n) is 13.4. The van der Waals surface area contributed by atoms with Gasteiger partial charge in [0, 0.05) is 28.0 Å². The van der Waals surface area contributed by atoms with Crippen LogP contribution in [-0.4, -0.2) is 24.0 Å². The average molecular weight is 384 g/mol. The number of carbonyl (C=O) groups is 1. The number of rotatable bonds is 8. The molecule has 0 atom stereocenters. The van der Waals surface area contributed by atoms with Crippen LogP contribution in [0.2, 0.25) is 5.02 Å². The third kappa shape index (κ3) is 6.75. The summed E-state index contributed by atoms with van der Waals surface area (Å²) >= 11 is 8.81. The van der Waals surface area contributed by atoms with Gasteiger partial charge in [-0.25, -0.2) is 4.39 Å². The molecular formula is C18H19ClFNOS2. The zero-order valence-corrected chi connectivity index (χ0v) is 15.7. The van der Waals surface area contributed by atoms with Crippen molar-refractivity contribution in [1.82, 2.24) is 5.32 Å². The monoisotopic (exact) mass is 383 g/mol. The van der Waals surface area contributed by atoms with Crippen LogP contribution in [0, 0.1) is 12.7 Å². The molecule has 128 valence electrons. The molecule has 0 saturated heterocycles. The Morgan fingerprint density at radius 3 is 2.67 bits per heavy atom. The van der Waals surface area contributed by atoms with Crippen LogP contribution in [0.3, 0.4) is 0 Å². The Bertz CT molecular complexity index is 679. The average Bonchev–Trinajstić information content (AvgIpc) is 2.55. The molecule has 0 heterocycles. The lowest BCUT2D eigenvalue weighted by atomic mass is 10.2. The van der Waals surface area contributed by atoms with E-state index in [2.05, 4.69) is 36.5 Å². The predicted octanol–water partition coefficient (Wildman–Crippen LogP) is 4.93. The van der Waals surface area contributed by atoms with Gasteiger partial charge in [0.15, 0.2) is 0 Å². The van der Waals surface area contributed by atoms with Crippen molar-refractivity contribution in [2.24, 2.45) is 0 Å². The maximum atomic E-state index is 13.6. The Balaban J connectivity index is 1.60. The molecule has 0 aliphatic carbocycles. The Morgan fingerprint density at radius 1 is 1.21 bits per heavy atom. The van der Waals surface area contributed by atoms with Crippen LogP contribution in [-0.2, 0) is 10.5 Å². The normalized spacial score (nSPS) is 10.6. The lowest BCUT2D eigenvalue weighted by molar-refractivity contribution is -0.118. The van der Waals surface area contributed by atoms with E-state index in [1.165, 1.54) is 28.3 Å². The molecular weight excluding hydrogens is 365 g/mol. The second-order valence-corrected chi connectivity index (χ2v) is 7.83. The first-order valence-corrected chi connectivity index (χ1v) is 10.0. The second kappa shape index (κ2) is 9.97. The summed E-state index contributed by atoms with van der Waals surface area (Å²) in [4.78, 5) is 13.0. The van der Waals surface area contributed by atoms with Crippen LogP contribution >= 0.6 is 35.1 Å². The van der Waals surface area contributed by atoms with Gasteiger partial charge in [-0.1, -0.05) is 35.4 Å². The first kappa shape index (κ1) is 19.2. The van der Waals surface area contributed by atoms with Gasteiger partial charge < -0.3 is 5.32 Å². The Kier molecular flexibility index (Phi) is 7.95. The van der Waals surface area contributed by atoms with E-state index in [4.69, 9.17) is 11.6 Å². The minimum absolute atomic E-state index is 0.0288. The van der Waals surface area contributed by atoms with E-state index in [9.17, 15) is 9.18 Å². The summed E-state index contributed by atoms with van der Waals surface area (Å²) in [5, 5.41) is 3.26. The minimum atomic E-state index is -0.329. The molecule has 6 heteroatoms. The van der Waals surface area contributed by atoms with Crippen LogP contribution in [0.4, 0.5) is 4.39 Å². The largest absolute Gasteiger partial charge is 0.355 e. The van der Waals surface area contributed by atoms with Crippen molar-refractivity contribution >= 4 is 41.0 Å². The Hall–Kier alpha value is -1.17. The molecule has 2 aromatic carbocycles. The lowest BCUT2D eigenvalue weighted by Gasteiger charge is -2.06. The maximum absolute atomic E-state index is 13.6. The molecule has 0 saturated carbocycles. The molecule has 0 radical (unpaired) electrons. The Morgan fingerprint density at radius 2 is 1.96 bits per heavy atom. The highest BCUT2D eigenvalue weighted by atomic mass is 35.5. The highest BCUT2D eigenvalue weighted by molar-refractivity contribution is 7.99. The summed E-state index contributed by atoms with van der Waals surface area (Å²) in [5.41, 5.74) is 1.80. The fourth-order valence-electron chi connectivity index (χ4n) is 1.94. The first-order chi connectivity index (χ1) is 11.5. The molecule has 2 rings (SSSR count). The fourth-order valence-corrected chi connectivity index (χ4v) is 3.71. The molecule has 1 amide bonds. The summed E-state index contributed by atoms with van der Waals surface area (Å²) in [5.74, 6) is 1.24. The molecule has 1 N–H and O–H groups in total. The van der Waals surface area contributed by atoms with Crippen molar-refractivity contribution in [2.45, 2.75) is 17.6 Å². The quantitative estimate of drug-likeness (QED) is 0.517. The van der Waals surface area contributed by atoms with Crippen molar-refractivity contribution in [1.29, 1.82) is 0 Å². The van der Waals surface area contributed by atoms with Crippen LogP contribution in [0.1, 0.15) is 11.1 Å². The SMILES string of the molecule is Cc1ccc(SCCNC(=O)CSCc2ccc(Cl)cc2F)cc1. The summed E-state index contributed by atoms with van der Waals surface area (Å²) in [6, 6.07) is 12.9. The Labute approximate surface area is 155 Å².